The lowest BCUT2D eigenvalue weighted by atomic mass is 10.2. The van der Waals surface area contributed by atoms with Crippen LogP contribution in [0.5, 0.6) is 0 Å². The minimum absolute atomic E-state index is 0.201. The number of anilines is 2. The van der Waals surface area contributed by atoms with Gasteiger partial charge in [-0.1, -0.05) is 36.4 Å². The van der Waals surface area contributed by atoms with Crippen LogP contribution in [0.3, 0.4) is 0 Å². The fraction of sp³-hybridized carbons (Fsp3) is 0.0323. The Bertz CT molecular complexity index is 1820. The highest BCUT2D eigenvalue weighted by atomic mass is 32.1. The summed E-state index contributed by atoms with van der Waals surface area (Å²) in [5.74, 6) is -1.35. The zero-order valence-electron chi connectivity index (χ0n) is 23.8. The number of nitrogens with one attached hydrogen (secondary N) is 3. The van der Waals surface area contributed by atoms with E-state index in [1.165, 1.54) is 52.5 Å². The van der Waals surface area contributed by atoms with Crippen molar-refractivity contribution in [3.8, 4) is 21.1 Å². The van der Waals surface area contributed by atoms with E-state index in [0.29, 0.717) is 36.8 Å². The lowest BCUT2D eigenvalue weighted by Crippen LogP contribution is -2.16. The minimum atomic E-state index is -0.561. The second-order valence-corrected chi connectivity index (χ2v) is 12.9. The largest absolute Gasteiger partial charge is 0.465 e. The van der Waals surface area contributed by atoms with Gasteiger partial charge >= 0.3 is 5.97 Å². The van der Waals surface area contributed by atoms with Crippen LogP contribution < -0.4 is 16.1 Å². The molecule has 0 atom stereocenters. The molecule has 6 aromatic rings. The first-order valence-corrected chi connectivity index (χ1v) is 16.6. The maximum absolute atomic E-state index is 12.1. The number of benzene rings is 2. The van der Waals surface area contributed by atoms with Crippen LogP contribution in [0.1, 0.15) is 40.1 Å². The third-order valence-electron chi connectivity index (χ3n) is 5.95. The van der Waals surface area contributed by atoms with Crippen molar-refractivity contribution in [3.05, 3.63) is 117 Å². The molecule has 0 unspecified atom stereocenters. The number of carbonyl (C=O) groups is 4. The van der Waals surface area contributed by atoms with Crippen molar-refractivity contribution in [1.82, 2.24) is 15.4 Å². The zero-order valence-corrected chi connectivity index (χ0v) is 27.0. The van der Waals surface area contributed by atoms with Gasteiger partial charge in [0.1, 0.15) is 4.88 Å². The molecule has 4 N–H and O–H groups in total. The molecule has 0 aliphatic heterocycles. The van der Waals surface area contributed by atoms with Crippen LogP contribution in [-0.4, -0.2) is 46.0 Å². The molecule has 0 radical (unpaired) electrons. The van der Waals surface area contributed by atoms with Crippen LogP contribution in [0.2, 0.25) is 0 Å². The molecule has 0 saturated carbocycles. The Kier molecular flexibility index (Phi) is 10.7. The maximum atomic E-state index is 12.1. The molecule has 0 spiro atoms. The normalized spacial score (nSPS) is 10.3. The molecule has 6 rings (SSSR count). The first-order chi connectivity index (χ1) is 22.3. The zero-order chi connectivity index (χ0) is 32.5. The van der Waals surface area contributed by atoms with Crippen LogP contribution in [0, 0.1) is 0 Å². The van der Waals surface area contributed by atoms with E-state index < -0.39 is 5.91 Å². The van der Waals surface area contributed by atoms with Crippen molar-refractivity contribution >= 4 is 79.3 Å². The lowest BCUT2D eigenvalue weighted by molar-refractivity contribution is 0.0605. The number of hydrogen-bond donors (Lipinski definition) is 4. The van der Waals surface area contributed by atoms with Crippen LogP contribution in [-0.2, 0) is 4.74 Å². The van der Waals surface area contributed by atoms with Crippen molar-refractivity contribution < 1.29 is 29.1 Å². The van der Waals surface area contributed by atoms with Crippen molar-refractivity contribution in [3.63, 3.8) is 0 Å². The number of ether oxygens (including phenoxy) is 1. The van der Waals surface area contributed by atoms with Crippen LogP contribution in [0.25, 0.3) is 21.1 Å². The molecule has 0 aliphatic carbocycles. The quantitative estimate of drug-likeness (QED) is 0.0745. The fourth-order valence-electron chi connectivity index (χ4n) is 3.74. The van der Waals surface area contributed by atoms with Gasteiger partial charge in [-0.25, -0.2) is 20.2 Å². The first kappa shape index (κ1) is 32.3. The van der Waals surface area contributed by atoms with Gasteiger partial charge in [0.2, 0.25) is 0 Å². The van der Waals surface area contributed by atoms with Crippen molar-refractivity contribution in [2.75, 3.05) is 17.7 Å². The van der Waals surface area contributed by atoms with Gasteiger partial charge < -0.3 is 4.74 Å². The molecule has 0 saturated heterocycles. The van der Waals surface area contributed by atoms with Gasteiger partial charge in [0.15, 0.2) is 10.3 Å². The van der Waals surface area contributed by atoms with E-state index >= 15 is 0 Å². The molecular weight excluding hydrogens is 667 g/mol. The number of esters is 1. The van der Waals surface area contributed by atoms with Crippen LogP contribution in [0.4, 0.5) is 10.3 Å². The molecule has 46 heavy (non-hydrogen) atoms. The second kappa shape index (κ2) is 15.3. The monoisotopic (exact) mass is 689 g/mol. The summed E-state index contributed by atoms with van der Waals surface area (Å²) >= 11 is 5.15. The highest BCUT2D eigenvalue weighted by Gasteiger charge is 2.15. The number of aromatic nitrogens is 2. The molecule has 15 heteroatoms. The first-order valence-electron chi connectivity index (χ1n) is 13.2. The Hall–Kier alpha value is -5.06. The number of methoxy groups -OCH3 is 1. The van der Waals surface area contributed by atoms with E-state index in [-0.39, 0.29) is 17.8 Å². The maximum Gasteiger partial charge on any atom is 0.348 e. The van der Waals surface area contributed by atoms with Gasteiger partial charge in [-0.05, 0) is 48.5 Å². The number of nitrogens with zero attached hydrogens (tertiary/aromatic N) is 2. The van der Waals surface area contributed by atoms with E-state index in [0.717, 1.165) is 15.4 Å². The van der Waals surface area contributed by atoms with Gasteiger partial charge in [-0.3, -0.25) is 30.2 Å². The lowest BCUT2D eigenvalue weighted by Gasteiger charge is -2.00. The smallest absolute Gasteiger partial charge is 0.348 e. The molecular formula is C31H23N5O6S4. The van der Waals surface area contributed by atoms with E-state index in [2.05, 4.69) is 25.3 Å². The SMILES string of the molecule is COC(=O)c1ccc(-c2csc(NC(=O)c3ccccc3)n2)s1.O=C(Nc1nc(-c2ccc(C(=O)NO)s2)cs1)c1ccccc1. The average Bonchev–Trinajstić information content (AvgIpc) is 3.92. The molecule has 2 aromatic carbocycles. The van der Waals surface area contributed by atoms with E-state index in [1.807, 2.05) is 35.7 Å². The summed E-state index contributed by atoms with van der Waals surface area (Å²) in [4.78, 5) is 58.2. The number of hydrogen-bond acceptors (Lipinski definition) is 12. The fourth-order valence-corrected chi connectivity index (χ4v) is 7.05. The predicted octanol–water partition coefficient (Wildman–Crippen LogP) is 7.15. The Morgan fingerprint density at radius 1 is 0.630 bits per heavy atom. The Labute approximate surface area is 278 Å². The summed E-state index contributed by atoms with van der Waals surface area (Å²) in [6.07, 6.45) is 0. The summed E-state index contributed by atoms with van der Waals surface area (Å²) in [6.45, 7) is 0. The number of amides is 3. The number of thiophene rings is 2. The van der Waals surface area contributed by atoms with Crippen molar-refractivity contribution in [2.45, 2.75) is 0 Å². The van der Waals surface area contributed by atoms with E-state index in [4.69, 9.17) is 5.21 Å². The third kappa shape index (κ3) is 8.15. The second-order valence-electron chi connectivity index (χ2n) is 8.98. The Morgan fingerprint density at radius 3 is 1.54 bits per heavy atom. The third-order valence-corrected chi connectivity index (χ3v) is 9.66. The Balaban J connectivity index is 0.000000181. The van der Waals surface area contributed by atoms with Crippen LogP contribution in [0.15, 0.2) is 95.7 Å². The summed E-state index contributed by atoms with van der Waals surface area (Å²) in [5.41, 5.74) is 4.11. The highest BCUT2D eigenvalue weighted by Crippen LogP contribution is 2.32. The molecule has 4 aromatic heterocycles. The summed E-state index contributed by atoms with van der Waals surface area (Å²) in [5, 5.41) is 18.8. The summed E-state index contributed by atoms with van der Waals surface area (Å²) < 4.78 is 4.69. The molecule has 0 bridgehead atoms. The van der Waals surface area contributed by atoms with Crippen LogP contribution >= 0.6 is 45.3 Å². The molecule has 11 nitrogen and oxygen atoms in total. The number of carbonyl (C=O) groups excluding carboxylic acids is 4. The molecule has 0 fully saturated rings. The standard InChI is InChI=1S/C16H12N2O3S2.C15H11N3O3S2/c1-21-15(20)13-8-7-12(23-13)11-9-22-16(17-11)18-14(19)10-5-3-2-4-6-10;19-13(9-4-2-1-3-5-9)17-15-16-10(8-22-15)11-6-7-12(23-11)14(20)18-21/h2-9H,1H3,(H,17,18,19);1-8,21H,(H,18,20)(H,16,17,19). The number of hydroxylamine groups is 1. The average molecular weight is 690 g/mol. The van der Waals surface area contributed by atoms with Gasteiger partial charge in [-0.15, -0.1) is 45.3 Å². The topological polar surface area (TPSA) is 160 Å². The molecule has 4 heterocycles. The van der Waals surface area contributed by atoms with E-state index in [1.54, 1.807) is 65.5 Å². The van der Waals surface area contributed by atoms with Gasteiger partial charge in [0, 0.05) is 21.9 Å². The molecule has 0 aliphatic rings. The van der Waals surface area contributed by atoms with E-state index in [9.17, 15) is 19.2 Å². The molecule has 232 valence electrons. The van der Waals surface area contributed by atoms with Gasteiger partial charge in [0.25, 0.3) is 17.7 Å². The predicted molar refractivity (Wildman–Crippen MR) is 180 cm³/mol. The van der Waals surface area contributed by atoms with Gasteiger partial charge in [-0.2, -0.15) is 0 Å². The van der Waals surface area contributed by atoms with Crippen molar-refractivity contribution in [2.24, 2.45) is 0 Å². The van der Waals surface area contributed by atoms with Gasteiger partial charge in [0.05, 0.1) is 33.1 Å². The summed E-state index contributed by atoms with van der Waals surface area (Å²) in [6, 6.07) is 24.7. The Morgan fingerprint density at radius 2 is 1.09 bits per heavy atom. The van der Waals surface area contributed by atoms with Crippen molar-refractivity contribution in [1.29, 1.82) is 0 Å². The summed E-state index contributed by atoms with van der Waals surface area (Å²) in [7, 11) is 1.35. The molecule has 3 amide bonds. The number of thiazole rings is 2. The number of rotatable bonds is 8. The minimum Gasteiger partial charge on any atom is -0.465 e. The highest BCUT2D eigenvalue weighted by molar-refractivity contribution is 7.19.